The lowest BCUT2D eigenvalue weighted by Gasteiger charge is -2.48. The molecule has 2 aliphatic carbocycles. The number of carbonyl (C=O) groups is 1. The molecular weight excluding hydrogens is 302 g/mol. The highest BCUT2D eigenvalue weighted by atomic mass is 16.6. The molecule has 4 atom stereocenters. The average Bonchev–Trinajstić information content (AvgIpc) is 3.46. The van der Waals surface area contributed by atoms with Gasteiger partial charge < -0.3 is 4.74 Å². The smallest absolute Gasteiger partial charge is 0.349 e. The van der Waals surface area contributed by atoms with Crippen LogP contribution in [-0.2, 0) is 4.79 Å². The third-order valence-corrected chi connectivity index (χ3v) is 6.42. The van der Waals surface area contributed by atoms with E-state index in [4.69, 9.17) is 4.74 Å². The standard InChI is InChI=1S/C20H28NO3/c1-24-17-7-4-6-16(13-17)19-18-8-3-2-5-14(18)11-12-21(19,23)20(22)15-9-10-15/h4,6-7,13-15,18-19,23H,2-3,5,8-12H2,1H3/q+1. The summed E-state index contributed by atoms with van der Waals surface area (Å²) in [5.74, 6) is 1.96. The number of nitrogens with zero attached hydrogens (tertiary/aromatic N) is 1. The van der Waals surface area contributed by atoms with Crippen LogP contribution in [-0.4, -0.2) is 29.4 Å². The van der Waals surface area contributed by atoms with Crippen molar-refractivity contribution in [3.05, 3.63) is 29.8 Å². The van der Waals surface area contributed by atoms with E-state index in [0.717, 1.165) is 37.0 Å². The van der Waals surface area contributed by atoms with Crippen molar-refractivity contribution >= 4 is 5.91 Å². The first-order chi connectivity index (χ1) is 11.6. The number of piperidine rings is 1. The molecule has 1 heterocycles. The number of likely N-dealkylation sites (tertiary alicyclic amines) is 1. The Labute approximate surface area is 144 Å². The molecule has 0 spiro atoms. The summed E-state index contributed by atoms with van der Waals surface area (Å²) in [4.78, 5) is 13.0. The van der Waals surface area contributed by atoms with Gasteiger partial charge in [0.2, 0.25) is 0 Å². The molecule has 24 heavy (non-hydrogen) atoms. The second-order valence-electron chi connectivity index (χ2n) is 7.88. The van der Waals surface area contributed by atoms with Crippen LogP contribution in [0.2, 0.25) is 0 Å². The maximum atomic E-state index is 13.0. The van der Waals surface area contributed by atoms with E-state index in [1.54, 1.807) is 7.11 Å². The van der Waals surface area contributed by atoms with Crippen molar-refractivity contribution in [1.29, 1.82) is 0 Å². The number of hydrogen-bond donors (Lipinski definition) is 1. The van der Waals surface area contributed by atoms with Crippen LogP contribution in [0.15, 0.2) is 24.3 Å². The van der Waals surface area contributed by atoms with E-state index in [0.29, 0.717) is 18.4 Å². The lowest BCUT2D eigenvalue weighted by molar-refractivity contribution is -1.07. The molecular formula is C20H28NO3+. The van der Waals surface area contributed by atoms with Gasteiger partial charge in [-0.2, -0.15) is 0 Å². The maximum absolute atomic E-state index is 13.0. The van der Waals surface area contributed by atoms with Gasteiger partial charge in [-0.25, -0.2) is 10.0 Å². The number of hydroxylamine groups is 3. The Morgan fingerprint density at radius 2 is 1.96 bits per heavy atom. The van der Waals surface area contributed by atoms with Crippen molar-refractivity contribution in [1.82, 2.24) is 0 Å². The van der Waals surface area contributed by atoms with E-state index in [-0.39, 0.29) is 22.5 Å². The van der Waals surface area contributed by atoms with Gasteiger partial charge in [0.15, 0.2) is 6.04 Å². The highest BCUT2D eigenvalue weighted by molar-refractivity contribution is 5.74. The van der Waals surface area contributed by atoms with E-state index in [9.17, 15) is 10.0 Å². The summed E-state index contributed by atoms with van der Waals surface area (Å²) >= 11 is 0. The maximum Gasteiger partial charge on any atom is 0.349 e. The number of carbonyl (C=O) groups excluding carboxylic acids is 1. The Morgan fingerprint density at radius 3 is 2.71 bits per heavy atom. The summed E-state index contributed by atoms with van der Waals surface area (Å²) in [5, 5.41) is 11.5. The fourth-order valence-corrected chi connectivity index (χ4v) is 5.04. The molecule has 1 N–H and O–H groups in total. The molecule has 1 aromatic carbocycles. The molecule has 4 nitrogen and oxygen atoms in total. The first-order valence-electron chi connectivity index (χ1n) is 9.42. The number of ether oxygens (including phenoxy) is 1. The van der Waals surface area contributed by atoms with Crippen molar-refractivity contribution < 1.29 is 19.4 Å². The van der Waals surface area contributed by atoms with Gasteiger partial charge in [-0.05, 0) is 43.7 Å². The van der Waals surface area contributed by atoms with Crippen LogP contribution in [0.3, 0.4) is 0 Å². The number of methoxy groups -OCH3 is 1. The van der Waals surface area contributed by atoms with Crippen LogP contribution in [0.25, 0.3) is 0 Å². The molecule has 3 fully saturated rings. The third kappa shape index (κ3) is 2.66. The molecule has 4 heteroatoms. The number of hydrogen-bond acceptors (Lipinski definition) is 3. The Bertz CT molecular complexity index is 627. The molecule has 1 amide bonds. The summed E-state index contributed by atoms with van der Waals surface area (Å²) in [6.07, 6.45) is 7.71. The SMILES string of the molecule is COc1cccc(C2C3CCCCC3CC[N+]2(O)C(=O)C2CC2)c1. The van der Waals surface area contributed by atoms with Crippen molar-refractivity contribution in [2.24, 2.45) is 17.8 Å². The van der Waals surface area contributed by atoms with Gasteiger partial charge in [0, 0.05) is 17.9 Å². The van der Waals surface area contributed by atoms with Crippen molar-refractivity contribution in [3.63, 3.8) is 0 Å². The largest absolute Gasteiger partial charge is 0.497 e. The molecule has 0 aromatic heterocycles. The molecule has 0 bridgehead atoms. The summed E-state index contributed by atoms with van der Waals surface area (Å²) < 4.78 is 5.02. The third-order valence-electron chi connectivity index (χ3n) is 6.42. The van der Waals surface area contributed by atoms with Crippen LogP contribution < -0.4 is 4.74 Å². The second-order valence-corrected chi connectivity index (χ2v) is 7.88. The number of rotatable bonds is 3. The van der Waals surface area contributed by atoms with E-state index in [1.807, 2.05) is 18.2 Å². The Morgan fingerprint density at radius 1 is 1.17 bits per heavy atom. The average molecular weight is 330 g/mol. The molecule has 4 rings (SSSR count). The van der Waals surface area contributed by atoms with Gasteiger partial charge >= 0.3 is 5.91 Å². The highest BCUT2D eigenvalue weighted by Crippen LogP contribution is 2.51. The number of amides is 1. The molecule has 2 saturated carbocycles. The Hall–Kier alpha value is -1.39. The van der Waals surface area contributed by atoms with Gasteiger partial charge in [-0.15, -0.1) is 4.65 Å². The summed E-state index contributed by atoms with van der Waals surface area (Å²) in [6.45, 7) is 0.568. The molecule has 3 aliphatic rings. The number of fused-ring (bicyclic) bond motifs is 1. The number of quaternary nitrogens is 1. The number of benzene rings is 1. The topological polar surface area (TPSA) is 46.5 Å². The second kappa shape index (κ2) is 6.16. The molecule has 1 saturated heterocycles. The minimum atomic E-state index is -0.376. The van der Waals surface area contributed by atoms with Crippen LogP contribution in [0.4, 0.5) is 0 Å². The van der Waals surface area contributed by atoms with E-state index in [2.05, 4.69) is 6.07 Å². The van der Waals surface area contributed by atoms with Gasteiger partial charge in [0.25, 0.3) is 0 Å². The van der Waals surface area contributed by atoms with Gasteiger partial charge in [0.05, 0.1) is 13.0 Å². The first kappa shape index (κ1) is 16.1. The fourth-order valence-electron chi connectivity index (χ4n) is 5.04. The minimum absolute atomic E-state index is 0.0480. The molecule has 4 unspecified atom stereocenters. The highest BCUT2D eigenvalue weighted by Gasteiger charge is 2.58. The molecule has 0 radical (unpaired) electrons. The zero-order valence-corrected chi connectivity index (χ0v) is 14.5. The predicted molar refractivity (Wildman–Crippen MR) is 90.4 cm³/mol. The molecule has 130 valence electrons. The van der Waals surface area contributed by atoms with Crippen LogP contribution in [0, 0.1) is 17.8 Å². The van der Waals surface area contributed by atoms with Gasteiger partial charge in [0.1, 0.15) is 12.3 Å². The summed E-state index contributed by atoms with van der Waals surface area (Å²) in [5.41, 5.74) is 1.06. The Kier molecular flexibility index (Phi) is 4.13. The predicted octanol–water partition coefficient (Wildman–Crippen LogP) is 4.09. The van der Waals surface area contributed by atoms with E-state index >= 15 is 0 Å². The van der Waals surface area contributed by atoms with Gasteiger partial charge in [-0.1, -0.05) is 25.0 Å². The van der Waals surface area contributed by atoms with Crippen LogP contribution in [0.1, 0.15) is 56.6 Å². The van der Waals surface area contributed by atoms with Crippen molar-refractivity contribution in [2.75, 3.05) is 13.7 Å². The summed E-state index contributed by atoms with van der Waals surface area (Å²) in [6, 6.07) is 7.86. The van der Waals surface area contributed by atoms with Crippen LogP contribution >= 0.6 is 0 Å². The monoisotopic (exact) mass is 330 g/mol. The minimum Gasteiger partial charge on any atom is -0.497 e. The first-order valence-corrected chi connectivity index (χ1v) is 9.42. The normalized spacial score (nSPS) is 36.0. The fraction of sp³-hybridized carbons (Fsp3) is 0.650. The van der Waals surface area contributed by atoms with Crippen molar-refractivity contribution in [2.45, 2.75) is 51.0 Å². The molecule has 1 aromatic rings. The zero-order chi connectivity index (χ0) is 16.7. The summed E-state index contributed by atoms with van der Waals surface area (Å²) in [7, 11) is 1.67. The quantitative estimate of drug-likeness (QED) is 0.671. The van der Waals surface area contributed by atoms with Crippen LogP contribution in [0.5, 0.6) is 5.75 Å². The van der Waals surface area contributed by atoms with E-state index < -0.39 is 0 Å². The molecule has 1 aliphatic heterocycles. The van der Waals surface area contributed by atoms with Crippen molar-refractivity contribution in [3.8, 4) is 5.75 Å². The van der Waals surface area contributed by atoms with E-state index in [1.165, 1.54) is 19.3 Å². The Balaban J connectivity index is 1.75. The van der Waals surface area contributed by atoms with Gasteiger partial charge in [-0.3, -0.25) is 0 Å². The lowest BCUT2D eigenvalue weighted by Crippen LogP contribution is -2.60. The zero-order valence-electron chi connectivity index (χ0n) is 14.5. The lowest BCUT2D eigenvalue weighted by atomic mass is 9.69.